The summed E-state index contributed by atoms with van der Waals surface area (Å²) in [6, 6.07) is 13.2. The SMILES string of the molecule is CCc1cc2c(O)c(c1)COCc1cccc(c1O)COCc1cc(C(C)(C)C)cc(c1O)COCOC2. The molecule has 0 atom stereocenters. The fourth-order valence-corrected chi connectivity index (χ4v) is 4.45. The topological polar surface area (TPSA) is 97.6 Å². The third-order valence-corrected chi connectivity index (χ3v) is 6.78. The van der Waals surface area contributed by atoms with E-state index in [1.165, 1.54) is 0 Å². The standard InChI is InChI=1S/C31H38O7/c1-5-20-9-23-15-35-13-21-7-6-8-22(28(21)32)14-36-16-25-11-27(31(2,3)4)12-26(30(25)34)18-38-19-37-17-24(10-20)29(23)33/h6-12,32-34H,5,13-19H2,1-4H3. The Balaban J connectivity index is 1.65. The molecule has 3 N–H and O–H groups in total. The highest BCUT2D eigenvalue weighted by molar-refractivity contribution is 5.46. The van der Waals surface area contributed by atoms with Crippen molar-refractivity contribution in [1.29, 1.82) is 0 Å². The van der Waals surface area contributed by atoms with Crippen LogP contribution in [0.2, 0.25) is 0 Å². The largest absolute Gasteiger partial charge is 0.507 e. The molecule has 3 aromatic carbocycles. The zero-order chi connectivity index (χ0) is 27.3. The second kappa shape index (κ2) is 12.2. The van der Waals surface area contributed by atoms with Crippen molar-refractivity contribution in [1.82, 2.24) is 0 Å². The van der Waals surface area contributed by atoms with Gasteiger partial charge in [-0.2, -0.15) is 0 Å². The van der Waals surface area contributed by atoms with Crippen molar-refractivity contribution in [2.75, 3.05) is 6.79 Å². The molecule has 1 aliphatic heterocycles. The van der Waals surface area contributed by atoms with Crippen molar-refractivity contribution in [3.8, 4) is 17.2 Å². The molecule has 38 heavy (non-hydrogen) atoms. The summed E-state index contributed by atoms with van der Waals surface area (Å²) in [4.78, 5) is 0. The maximum Gasteiger partial charge on any atom is 0.147 e. The first-order chi connectivity index (χ1) is 18.2. The van der Waals surface area contributed by atoms with E-state index in [-0.39, 0.29) is 69.1 Å². The van der Waals surface area contributed by atoms with E-state index in [1.54, 1.807) is 12.1 Å². The lowest BCUT2D eigenvalue weighted by Crippen LogP contribution is -2.13. The second-order valence-corrected chi connectivity index (χ2v) is 10.7. The first kappa shape index (κ1) is 27.9. The van der Waals surface area contributed by atoms with Crippen molar-refractivity contribution in [3.63, 3.8) is 0 Å². The maximum atomic E-state index is 11.0. The van der Waals surface area contributed by atoms with E-state index in [0.717, 1.165) is 17.5 Å². The van der Waals surface area contributed by atoms with Crippen LogP contribution < -0.4 is 0 Å². The summed E-state index contributed by atoms with van der Waals surface area (Å²) in [5, 5.41) is 32.7. The molecule has 0 radical (unpaired) electrons. The van der Waals surface area contributed by atoms with Crippen LogP contribution in [0.1, 0.15) is 72.2 Å². The van der Waals surface area contributed by atoms with Gasteiger partial charge in [-0.15, -0.1) is 0 Å². The molecular weight excluding hydrogens is 484 g/mol. The molecule has 0 amide bonds. The molecule has 1 aliphatic rings. The third kappa shape index (κ3) is 6.66. The average Bonchev–Trinajstić information content (AvgIpc) is 2.88. The van der Waals surface area contributed by atoms with Crippen LogP contribution in [0.15, 0.2) is 42.5 Å². The van der Waals surface area contributed by atoms with Crippen LogP contribution in [0.3, 0.4) is 0 Å². The summed E-state index contributed by atoms with van der Waals surface area (Å²) < 4.78 is 23.3. The molecule has 0 saturated carbocycles. The van der Waals surface area contributed by atoms with Gasteiger partial charge in [-0.25, -0.2) is 0 Å². The second-order valence-electron chi connectivity index (χ2n) is 10.7. The minimum atomic E-state index is -0.145. The van der Waals surface area contributed by atoms with Gasteiger partial charge >= 0.3 is 0 Å². The van der Waals surface area contributed by atoms with Crippen LogP contribution in [-0.2, 0) is 70.4 Å². The van der Waals surface area contributed by atoms with E-state index >= 15 is 0 Å². The molecule has 0 aromatic heterocycles. The number of para-hydroxylation sites is 1. The van der Waals surface area contributed by atoms with Crippen LogP contribution in [-0.4, -0.2) is 22.1 Å². The number of benzene rings is 3. The Bertz CT molecular complexity index is 1260. The first-order valence-corrected chi connectivity index (χ1v) is 13.0. The molecule has 0 aliphatic carbocycles. The van der Waals surface area contributed by atoms with Crippen molar-refractivity contribution in [2.45, 2.75) is 79.2 Å². The van der Waals surface area contributed by atoms with Crippen LogP contribution in [0.5, 0.6) is 17.2 Å². The Hall–Kier alpha value is -3.10. The molecule has 7 nitrogen and oxygen atoms in total. The molecular formula is C31H38O7. The minimum Gasteiger partial charge on any atom is -0.507 e. The Morgan fingerprint density at radius 1 is 0.605 bits per heavy atom. The van der Waals surface area contributed by atoms with Crippen molar-refractivity contribution < 1.29 is 34.3 Å². The minimum absolute atomic E-state index is 0.000561. The molecule has 0 spiro atoms. The predicted octanol–water partition coefficient (Wildman–Crippen LogP) is 6.10. The van der Waals surface area contributed by atoms with Crippen LogP contribution in [0.25, 0.3) is 0 Å². The Morgan fingerprint density at radius 2 is 1.00 bits per heavy atom. The van der Waals surface area contributed by atoms with E-state index < -0.39 is 0 Å². The van der Waals surface area contributed by atoms with Gasteiger partial charge in [0.05, 0.1) is 39.6 Å². The van der Waals surface area contributed by atoms with Gasteiger partial charge in [0.15, 0.2) is 0 Å². The normalized spacial score (nSPS) is 15.7. The van der Waals surface area contributed by atoms with Gasteiger partial charge in [0.2, 0.25) is 0 Å². The van der Waals surface area contributed by atoms with Crippen LogP contribution >= 0.6 is 0 Å². The smallest absolute Gasteiger partial charge is 0.147 e. The number of rotatable bonds is 1. The number of ether oxygens (including phenoxy) is 4. The molecule has 0 fully saturated rings. The number of aryl methyl sites for hydroxylation is 1. The summed E-state index contributed by atoms with van der Waals surface area (Å²) in [6.07, 6.45) is 0.797. The summed E-state index contributed by atoms with van der Waals surface area (Å²) in [5.74, 6) is 0.365. The molecule has 0 unspecified atom stereocenters. The summed E-state index contributed by atoms with van der Waals surface area (Å²) >= 11 is 0. The number of aromatic hydroxyl groups is 3. The molecule has 204 valence electrons. The number of hydrogen-bond acceptors (Lipinski definition) is 7. The Morgan fingerprint density at radius 3 is 1.45 bits per heavy atom. The summed E-state index contributed by atoms with van der Waals surface area (Å²) in [6.45, 7) is 9.41. The highest BCUT2D eigenvalue weighted by Gasteiger charge is 2.20. The van der Waals surface area contributed by atoms with Crippen LogP contribution in [0.4, 0.5) is 0 Å². The highest BCUT2D eigenvalue weighted by Crippen LogP contribution is 2.33. The highest BCUT2D eigenvalue weighted by atomic mass is 16.7. The van der Waals surface area contributed by atoms with E-state index in [2.05, 4.69) is 20.8 Å². The van der Waals surface area contributed by atoms with E-state index in [1.807, 2.05) is 37.3 Å². The van der Waals surface area contributed by atoms with Crippen molar-refractivity contribution in [2.24, 2.45) is 0 Å². The molecule has 3 aromatic rings. The summed E-state index contributed by atoms with van der Waals surface area (Å²) in [7, 11) is 0. The molecule has 0 saturated heterocycles. The fraction of sp³-hybridized carbons (Fsp3) is 0.419. The average molecular weight is 523 g/mol. The van der Waals surface area contributed by atoms with Gasteiger partial charge in [0, 0.05) is 33.4 Å². The monoisotopic (exact) mass is 522 g/mol. The lowest BCUT2D eigenvalue weighted by Gasteiger charge is -2.23. The van der Waals surface area contributed by atoms with E-state index in [4.69, 9.17) is 18.9 Å². The third-order valence-electron chi connectivity index (χ3n) is 6.78. The maximum absolute atomic E-state index is 11.0. The lowest BCUT2D eigenvalue weighted by molar-refractivity contribution is -0.0697. The molecule has 4 rings (SSSR count). The van der Waals surface area contributed by atoms with Gasteiger partial charge in [-0.1, -0.05) is 45.9 Å². The molecule has 1 heterocycles. The fourth-order valence-electron chi connectivity index (χ4n) is 4.45. The zero-order valence-electron chi connectivity index (χ0n) is 22.7. The number of hydrogen-bond donors (Lipinski definition) is 3. The van der Waals surface area contributed by atoms with Gasteiger partial charge in [0.25, 0.3) is 0 Å². The van der Waals surface area contributed by atoms with Gasteiger partial charge in [-0.05, 0) is 47.2 Å². The Labute approximate surface area is 224 Å². The Kier molecular flexibility index (Phi) is 8.95. The van der Waals surface area contributed by atoms with Gasteiger partial charge in [-0.3, -0.25) is 0 Å². The van der Waals surface area contributed by atoms with Gasteiger partial charge in [0.1, 0.15) is 24.0 Å². The van der Waals surface area contributed by atoms with Crippen LogP contribution in [0, 0.1) is 0 Å². The van der Waals surface area contributed by atoms with Gasteiger partial charge < -0.3 is 34.3 Å². The number of phenols is 3. The van der Waals surface area contributed by atoms with E-state index in [0.29, 0.717) is 33.4 Å². The number of fused-ring (bicyclic) bond motifs is 6. The lowest BCUT2D eigenvalue weighted by atomic mass is 9.85. The predicted molar refractivity (Wildman–Crippen MR) is 144 cm³/mol. The first-order valence-electron chi connectivity index (χ1n) is 13.0. The quantitative estimate of drug-likeness (QED) is 0.355. The zero-order valence-corrected chi connectivity index (χ0v) is 22.7. The molecule has 7 heteroatoms. The summed E-state index contributed by atoms with van der Waals surface area (Å²) in [5.41, 5.74) is 5.84. The molecule has 6 bridgehead atoms. The van der Waals surface area contributed by atoms with Crippen molar-refractivity contribution >= 4 is 0 Å². The number of phenolic OH excluding ortho intramolecular Hbond substituents is 3. The van der Waals surface area contributed by atoms with E-state index in [9.17, 15) is 15.3 Å². The van der Waals surface area contributed by atoms with Crippen molar-refractivity contribution in [3.05, 3.63) is 87.0 Å².